The Morgan fingerprint density at radius 3 is 2.48 bits per heavy atom. The smallest absolute Gasteiger partial charge is 0.434 e. The lowest BCUT2D eigenvalue weighted by molar-refractivity contribution is -0.140. The predicted octanol–water partition coefficient (Wildman–Crippen LogP) is 2.69. The molecule has 0 aliphatic carbocycles. The number of methoxy groups -OCH3 is 1. The third-order valence-corrected chi connectivity index (χ3v) is 3.60. The summed E-state index contributed by atoms with van der Waals surface area (Å²) < 4.78 is 51.5. The molecule has 0 bridgehead atoms. The van der Waals surface area contributed by atoms with Crippen LogP contribution in [-0.2, 0) is 6.18 Å². The number of nitrogens with zero attached hydrogens (tertiary/aromatic N) is 4. The standard InChI is InChI=1S/C17H11F3N4O3/c1-26-12-6-8-24-15(25)13(14(17(18,19)20)23-16(24)22-12)10-2-4-11(5-3-10)27-9-7-21/h2-6,8H,9H2,1H3. The van der Waals surface area contributed by atoms with Crippen LogP contribution in [0.3, 0.4) is 0 Å². The van der Waals surface area contributed by atoms with Crippen LogP contribution in [-0.4, -0.2) is 28.1 Å². The molecule has 0 amide bonds. The molecule has 0 spiro atoms. The summed E-state index contributed by atoms with van der Waals surface area (Å²) >= 11 is 0. The van der Waals surface area contributed by atoms with Crippen LogP contribution >= 0.6 is 0 Å². The Labute approximate surface area is 150 Å². The number of benzene rings is 1. The number of rotatable bonds is 4. The zero-order valence-corrected chi connectivity index (χ0v) is 13.8. The number of hydrogen-bond acceptors (Lipinski definition) is 6. The number of nitriles is 1. The van der Waals surface area contributed by atoms with Crippen LogP contribution in [0.4, 0.5) is 13.2 Å². The fourth-order valence-corrected chi connectivity index (χ4v) is 2.42. The van der Waals surface area contributed by atoms with E-state index in [-0.39, 0.29) is 23.8 Å². The average Bonchev–Trinajstić information content (AvgIpc) is 2.65. The summed E-state index contributed by atoms with van der Waals surface area (Å²) in [4.78, 5) is 20.0. The van der Waals surface area contributed by atoms with Gasteiger partial charge in [-0.05, 0) is 17.7 Å². The van der Waals surface area contributed by atoms with Crippen LogP contribution in [0.2, 0.25) is 0 Å². The number of aromatic nitrogens is 3. The SMILES string of the molecule is COc1ccn2c(=O)c(-c3ccc(OCC#N)cc3)c(C(F)(F)F)nc2n1. The molecule has 0 saturated heterocycles. The van der Waals surface area contributed by atoms with Crippen molar-refractivity contribution >= 4 is 5.78 Å². The van der Waals surface area contributed by atoms with E-state index < -0.39 is 28.8 Å². The van der Waals surface area contributed by atoms with E-state index >= 15 is 0 Å². The molecule has 0 unspecified atom stereocenters. The van der Waals surface area contributed by atoms with E-state index in [9.17, 15) is 18.0 Å². The van der Waals surface area contributed by atoms with Crippen molar-refractivity contribution in [2.75, 3.05) is 13.7 Å². The Morgan fingerprint density at radius 1 is 1.19 bits per heavy atom. The Balaban J connectivity index is 2.23. The second kappa shape index (κ2) is 6.95. The molecule has 2 heterocycles. The van der Waals surface area contributed by atoms with E-state index in [0.717, 1.165) is 4.40 Å². The van der Waals surface area contributed by atoms with Crippen molar-refractivity contribution < 1.29 is 22.6 Å². The molecule has 0 radical (unpaired) electrons. The third kappa shape index (κ3) is 3.52. The molecule has 0 aliphatic heterocycles. The number of ether oxygens (including phenoxy) is 2. The third-order valence-electron chi connectivity index (χ3n) is 3.60. The first-order valence-electron chi connectivity index (χ1n) is 7.50. The first-order chi connectivity index (χ1) is 12.8. The molecule has 3 aromatic rings. The predicted molar refractivity (Wildman–Crippen MR) is 87.4 cm³/mol. The Kier molecular flexibility index (Phi) is 4.68. The van der Waals surface area contributed by atoms with Crippen LogP contribution in [0.15, 0.2) is 41.3 Å². The molecule has 0 fully saturated rings. The van der Waals surface area contributed by atoms with E-state index in [4.69, 9.17) is 14.7 Å². The van der Waals surface area contributed by atoms with Gasteiger partial charge >= 0.3 is 6.18 Å². The molecule has 0 N–H and O–H groups in total. The molecular weight excluding hydrogens is 365 g/mol. The minimum atomic E-state index is -4.87. The zero-order valence-electron chi connectivity index (χ0n) is 13.8. The van der Waals surface area contributed by atoms with Crippen molar-refractivity contribution in [1.82, 2.24) is 14.4 Å². The zero-order chi connectivity index (χ0) is 19.6. The molecule has 1 aromatic carbocycles. The highest BCUT2D eigenvalue weighted by molar-refractivity contribution is 5.67. The van der Waals surface area contributed by atoms with Crippen LogP contribution < -0.4 is 15.0 Å². The normalized spacial score (nSPS) is 11.2. The number of halogens is 3. The summed E-state index contributed by atoms with van der Waals surface area (Å²) in [5, 5.41) is 8.49. The Hall–Kier alpha value is -3.61. The van der Waals surface area contributed by atoms with Gasteiger partial charge in [-0.2, -0.15) is 23.4 Å². The van der Waals surface area contributed by atoms with Crippen molar-refractivity contribution in [2.45, 2.75) is 6.18 Å². The van der Waals surface area contributed by atoms with Gasteiger partial charge < -0.3 is 9.47 Å². The molecule has 10 heteroatoms. The maximum atomic E-state index is 13.5. The molecule has 138 valence electrons. The lowest BCUT2D eigenvalue weighted by atomic mass is 10.0. The Morgan fingerprint density at radius 2 is 1.89 bits per heavy atom. The lowest BCUT2D eigenvalue weighted by Crippen LogP contribution is -2.24. The van der Waals surface area contributed by atoms with Crippen LogP contribution in [0.1, 0.15) is 5.69 Å². The van der Waals surface area contributed by atoms with Gasteiger partial charge in [0, 0.05) is 12.3 Å². The summed E-state index contributed by atoms with van der Waals surface area (Å²) in [7, 11) is 1.30. The molecule has 2 aromatic heterocycles. The molecule has 0 aliphatic rings. The van der Waals surface area contributed by atoms with E-state index in [2.05, 4.69) is 9.97 Å². The van der Waals surface area contributed by atoms with Crippen molar-refractivity contribution in [1.29, 1.82) is 5.26 Å². The summed E-state index contributed by atoms with van der Waals surface area (Å²) in [6, 6.07) is 8.45. The van der Waals surface area contributed by atoms with E-state index in [1.807, 2.05) is 0 Å². The fraction of sp³-hybridized carbons (Fsp3) is 0.176. The second-order valence-electron chi connectivity index (χ2n) is 5.25. The molecule has 0 atom stereocenters. The van der Waals surface area contributed by atoms with E-state index in [0.29, 0.717) is 0 Å². The fourth-order valence-electron chi connectivity index (χ4n) is 2.42. The molecule has 7 nitrogen and oxygen atoms in total. The lowest BCUT2D eigenvalue weighted by Gasteiger charge is -2.13. The van der Waals surface area contributed by atoms with Gasteiger partial charge in [0.25, 0.3) is 5.56 Å². The minimum Gasteiger partial charge on any atom is -0.481 e. The quantitative estimate of drug-likeness (QED) is 0.696. The summed E-state index contributed by atoms with van der Waals surface area (Å²) in [6.45, 7) is -0.208. The van der Waals surface area contributed by atoms with Gasteiger partial charge in [0.05, 0.1) is 12.7 Å². The number of hydrogen-bond donors (Lipinski definition) is 0. The second-order valence-corrected chi connectivity index (χ2v) is 5.25. The first-order valence-corrected chi connectivity index (χ1v) is 7.50. The van der Waals surface area contributed by atoms with Gasteiger partial charge in [-0.1, -0.05) is 12.1 Å². The summed E-state index contributed by atoms with van der Waals surface area (Å²) in [6.07, 6.45) is -3.63. The maximum Gasteiger partial charge on any atom is 0.434 e. The highest BCUT2D eigenvalue weighted by Crippen LogP contribution is 2.34. The Bertz CT molecular complexity index is 1090. The number of fused-ring (bicyclic) bond motifs is 1. The summed E-state index contributed by atoms with van der Waals surface area (Å²) in [5.41, 5.74) is -2.87. The minimum absolute atomic E-state index is 0.00866. The summed E-state index contributed by atoms with van der Waals surface area (Å²) in [5.74, 6) is -0.111. The van der Waals surface area contributed by atoms with Crippen molar-refractivity contribution in [3.63, 3.8) is 0 Å². The molecule has 27 heavy (non-hydrogen) atoms. The molecule has 0 saturated carbocycles. The van der Waals surface area contributed by atoms with Gasteiger partial charge in [-0.3, -0.25) is 9.20 Å². The monoisotopic (exact) mass is 376 g/mol. The topological polar surface area (TPSA) is 89.5 Å². The van der Waals surface area contributed by atoms with Crippen molar-refractivity contribution in [3.8, 4) is 28.8 Å². The van der Waals surface area contributed by atoms with Crippen molar-refractivity contribution in [3.05, 3.63) is 52.6 Å². The molecule has 3 rings (SSSR count). The highest BCUT2D eigenvalue weighted by atomic mass is 19.4. The van der Waals surface area contributed by atoms with Crippen LogP contribution in [0.5, 0.6) is 11.6 Å². The maximum absolute atomic E-state index is 13.5. The van der Waals surface area contributed by atoms with Gasteiger partial charge in [-0.15, -0.1) is 0 Å². The van der Waals surface area contributed by atoms with Crippen molar-refractivity contribution in [2.24, 2.45) is 0 Å². The molecular formula is C17H11F3N4O3. The largest absolute Gasteiger partial charge is 0.481 e. The number of alkyl halides is 3. The van der Waals surface area contributed by atoms with Gasteiger partial charge in [0.15, 0.2) is 12.3 Å². The van der Waals surface area contributed by atoms with E-state index in [1.54, 1.807) is 6.07 Å². The first kappa shape index (κ1) is 18.2. The highest BCUT2D eigenvalue weighted by Gasteiger charge is 2.38. The van der Waals surface area contributed by atoms with E-state index in [1.165, 1.54) is 43.6 Å². The van der Waals surface area contributed by atoms with Gasteiger partial charge in [0.1, 0.15) is 11.8 Å². The average molecular weight is 376 g/mol. The van der Waals surface area contributed by atoms with Crippen LogP contribution in [0, 0.1) is 11.3 Å². The van der Waals surface area contributed by atoms with Gasteiger partial charge in [0.2, 0.25) is 11.7 Å². The van der Waals surface area contributed by atoms with Gasteiger partial charge in [-0.25, -0.2) is 4.98 Å². The van der Waals surface area contributed by atoms with Crippen LogP contribution in [0.25, 0.3) is 16.9 Å².